The lowest BCUT2D eigenvalue weighted by Gasteiger charge is -2.09. The average Bonchev–Trinajstić information content (AvgIpc) is 2.84. The number of nitrogen functional groups attached to an aromatic ring is 1. The number of methoxy groups -OCH3 is 1. The van der Waals surface area contributed by atoms with Crippen LogP contribution in [0, 0.1) is 0 Å². The molecular weight excluding hydrogens is 256 g/mol. The molecule has 0 unspecified atom stereocenters. The van der Waals surface area contributed by atoms with Crippen LogP contribution in [0.25, 0.3) is 0 Å². The topological polar surface area (TPSA) is 82.2 Å². The molecule has 0 aliphatic heterocycles. The van der Waals surface area contributed by atoms with Crippen molar-refractivity contribution in [3.63, 3.8) is 0 Å². The van der Waals surface area contributed by atoms with Crippen LogP contribution < -0.4 is 15.8 Å². The smallest absolute Gasteiger partial charge is 0.253 e. The van der Waals surface area contributed by atoms with E-state index in [2.05, 4.69) is 10.3 Å². The number of carbonyl (C=O) groups is 1. The lowest BCUT2D eigenvalue weighted by atomic mass is 10.1. The Balaban J connectivity index is 1.93. The molecule has 1 amide bonds. The first-order valence-electron chi connectivity index (χ1n) is 6.29. The zero-order valence-corrected chi connectivity index (χ0v) is 11.6. The van der Waals surface area contributed by atoms with E-state index in [4.69, 9.17) is 10.5 Å². The first kappa shape index (κ1) is 13.9. The van der Waals surface area contributed by atoms with E-state index in [1.807, 2.05) is 17.8 Å². The van der Waals surface area contributed by atoms with Gasteiger partial charge in [0.15, 0.2) is 0 Å². The van der Waals surface area contributed by atoms with Crippen molar-refractivity contribution in [2.75, 3.05) is 19.4 Å². The van der Waals surface area contributed by atoms with Crippen LogP contribution in [0.5, 0.6) is 5.75 Å². The minimum absolute atomic E-state index is 0.195. The zero-order chi connectivity index (χ0) is 14.5. The Kier molecular flexibility index (Phi) is 4.24. The van der Waals surface area contributed by atoms with Crippen molar-refractivity contribution in [1.29, 1.82) is 0 Å². The summed E-state index contributed by atoms with van der Waals surface area (Å²) in [4.78, 5) is 16.2. The molecular formula is C14H18N4O2. The molecule has 1 aromatic carbocycles. The number of rotatable bonds is 5. The highest BCUT2D eigenvalue weighted by atomic mass is 16.5. The second-order valence-electron chi connectivity index (χ2n) is 4.41. The fourth-order valence-corrected chi connectivity index (χ4v) is 1.90. The molecule has 3 N–H and O–H groups in total. The maximum atomic E-state index is 12.0. The number of nitrogens with two attached hydrogens (primary N) is 1. The van der Waals surface area contributed by atoms with Gasteiger partial charge < -0.3 is 20.4 Å². The fraction of sp³-hybridized carbons (Fsp3) is 0.286. The maximum absolute atomic E-state index is 12.0. The quantitative estimate of drug-likeness (QED) is 0.796. The van der Waals surface area contributed by atoms with E-state index in [-0.39, 0.29) is 5.91 Å². The van der Waals surface area contributed by atoms with Gasteiger partial charge in [0.1, 0.15) is 11.6 Å². The van der Waals surface area contributed by atoms with Gasteiger partial charge in [-0.05, 0) is 12.1 Å². The molecule has 0 spiro atoms. The van der Waals surface area contributed by atoms with Gasteiger partial charge in [-0.15, -0.1) is 0 Å². The van der Waals surface area contributed by atoms with Crippen LogP contribution in [-0.2, 0) is 13.5 Å². The van der Waals surface area contributed by atoms with E-state index in [1.165, 1.54) is 0 Å². The SMILES string of the molecule is COc1ccc(C(=O)NCCc2nccn2C)c(N)c1. The van der Waals surface area contributed by atoms with Crippen molar-refractivity contribution >= 4 is 11.6 Å². The summed E-state index contributed by atoms with van der Waals surface area (Å²) in [7, 11) is 3.48. The summed E-state index contributed by atoms with van der Waals surface area (Å²) in [5, 5.41) is 2.83. The van der Waals surface area contributed by atoms with E-state index in [9.17, 15) is 4.79 Å². The van der Waals surface area contributed by atoms with Gasteiger partial charge in [-0.25, -0.2) is 4.98 Å². The molecule has 0 aliphatic carbocycles. The molecule has 0 saturated carbocycles. The Morgan fingerprint density at radius 1 is 1.50 bits per heavy atom. The van der Waals surface area contributed by atoms with Crippen molar-refractivity contribution in [2.24, 2.45) is 7.05 Å². The molecule has 0 bridgehead atoms. The van der Waals surface area contributed by atoms with Gasteiger partial charge in [-0.3, -0.25) is 4.79 Å². The molecule has 0 atom stereocenters. The highest BCUT2D eigenvalue weighted by Crippen LogP contribution is 2.19. The average molecular weight is 274 g/mol. The van der Waals surface area contributed by atoms with Gasteiger partial charge in [-0.1, -0.05) is 0 Å². The number of hydrogen-bond donors (Lipinski definition) is 2. The second-order valence-corrected chi connectivity index (χ2v) is 4.41. The van der Waals surface area contributed by atoms with Gasteiger partial charge in [0.2, 0.25) is 0 Å². The van der Waals surface area contributed by atoms with Crippen molar-refractivity contribution in [3.05, 3.63) is 42.0 Å². The number of carbonyl (C=O) groups excluding carboxylic acids is 1. The number of nitrogens with zero attached hydrogens (tertiary/aromatic N) is 2. The maximum Gasteiger partial charge on any atom is 0.253 e. The number of aryl methyl sites for hydroxylation is 1. The van der Waals surface area contributed by atoms with Crippen LogP contribution in [0.15, 0.2) is 30.6 Å². The molecule has 1 aromatic heterocycles. The fourth-order valence-electron chi connectivity index (χ4n) is 1.90. The van der Waals surface area contributed by atoms with Crippen molar-refractivity contribution < 1.29 is 9.53 Å². The van der Waals surface area contributed by atoms with E-state index < -0.39 is 0 Å². The van der Waals surface area contributed by atoms with Crippen LogP contribution in [0.2, 0.25) is 0 Å². The molecule has 0 fully saturated rings. The van der Waals surface area contributed by atoms with Crippen LogP contribution >= 0.6 is 0 Å². The molecule has 2 rings (SSSR count). The summed E-state index contributed by atoms with van der Waals surface area (Å²) in [6.07, 6.45) is 4.28. The first-order valence-corrected chi connectivity index (χ1v) is 6.29. The lowest BCUT2D eigenvalue weighted by molar-refractivity contribution is 0.0955. The highest BCUT2D eigenvalue weighted by molar-refractivity contribution is 5.99. The molecule has 20 heavy (non-hydrogen) atoms. The third-order valence-electron chi connectivity index (χ3n) is 3.06. The summed E-state index contributed by atoms with van der Waals surface area (Å²) in [6, 6.07) is 5.00. The summed E-state index contributed by atoms with van der Waals surface area (Å²) < 4.78 is 6.97. The van der Waals surface area contributed by atoms with Crippen molar-refractivity contribution in [3.8, 4) is 5.75 Å². The third kappa shape index (κ3) is 3.09. The molecule has 106 valence electrons. The number of nitrogens with one attached hydrogen (secondary N) is 1. The Morgan fingerprint density at radius 2 is 2.30 bits per heavy atom. The molecule has 0 saturated heterocycles. The lowest BCUT2D eigenvalue weighted by Crippen LogP contribution is -2.27. The molecule has 2 aromatic rings. The summed E-state index contributed by atoms with van der Waals surface area (Å²) in [5.74, 6) is 1.36. The molecule has 0 radical (unpaired) electrons. The number of amides is 1. The van der Waals surface area contributed by atoms with Gasteiger partial charge >= 0.3 is 0 Å². The number of aromatic nitrogens is 2. The minimum atomic E-state index is -0.195. The minimum Gasteiger partial charge on any atom is -0.497 e. The predicted octanol–water partition coefficient (Wildman–Crippen LogP) is 0.983. The number of hydrogen-bond acceptors (Lipinski definition) is 4. The van der Waals surface area contributed by atoms with Crippen LogP contribution in [-0.4, -0.2) is 29.1 Å². The zero-order valence-electron chi connectivity index (χ0n) is 11.6. The summed E-state index contributed by atoms with van der Waals surface area (Å²) in [6.45, 7) is 0.509. The third-order valence-corrected chi connectivity index (χ3v) is 3.06. The van der Waals surface area contributed by atoms with E-state index in [1.54, 1.807) is 31.5 Å². The van der Waals surface area contributed by atoms with Crippen molar-refractivity contribution in [1.82, 2.24) is 14.9 Å². The van der Waals surface area contributed by atoms with E-state index in [0.29, 0.717) is 30.0 Å². The first-order chi connectivity index (χ1) is 9.61. The van der Waals surface area contributed by atoms with Crippen LogP contribution in [0.3, 0.4) is 0 Å². The van der Waals surface area contributed by atoms with Gasteiger partial charge in [-0.2, -0.15) is 0 Å². The molecule has 6 nitrogen and oxygen atoms in total. The van der Waals surface area contributed by atoms with Gasteiger partial charge in [0.05, 0.1) is 12.7 Å². The predicted molar refractivity (Wildman–Crippen MR) is 76.7 cm³/mol. The van der Waals surface area contributed by atoms with E-state index in [0.717, 1.165) is 5.82 Å². The number of imidazole rings is 1. The second kappa shape index (κ2) is 6.10. The monoisotopic (exact) mass is 274 g/mol. The number of anilines is 1. The van der Waals surface area contributed by atoms with Crippen molar-refractivity contribution in [2.45, 2.75) is 6.42 Å². The molecule has 6 heteroatoms. The van der Waals surface area contributed by atoms with Gasteiger partial charge in [0, 0.05) is 44.2 Å². The van der Waals surface area contributed by atoms with E-state index >= 15 is 0 Å². The highest BCUT2D eigenvalue weighted by Gasteiger charge is 2.10. The summed E-state index contributed by atoms with van der Waals surface area (Å²) >= 11 is 0. The Bertz CT molecular complexity index is 607. The summed E-state index contributed by atoms with van der Waals surface area (Å²) in [5.41, 5.74) is 6.68. The van der Waals surface area contributed by atoms with Crippen LogP contribution in [0.4, 0.5) is 5.69 Å². The Hall–Kier alpha value is -2.50. The molecule has 1 heterocycles. The normalized spacial score (nSPS) is 10.3. The number of ether oxygens (including phenoxy) is 1. The largest absolute Gasteiger partial charge is 0.497 e. The number of benzene rings is 1. The van der Waals surface area contributed by atoms with Gasteiger partial charge in [0.25, 0.3) is 5.91 Å². The molecule has 0 aliphatic rings. The Morgan fingerprint density at radius 3 is 2.90 bits per heavy atom. The van der Waals surface area contributed by atoms with Crippen LogP contribution in [0.1, 0.15) is 16.2 Å². The Labute approximate surface area is 117 Å². The standard InChI is InChI=1S/C14H18N4O2/c1-18-8-7-16-13(18)5-6-17-14(19)11-4-3-10(20-2)9-12(11)15/h3-4,7-9H,5-6,15H2,1-2H3,(H,17,19).